The zero-order valence-electron chi connectivity index (χ0n) is 10.3. The molecule has 4 nitrogen and oxygen atoms in total. The maximum Gasteiger partial charge on any atom is 0.178 e. The van der Waals surface area contributed by atoms with E-state index in [9.17, 15) is 8.42 Å². The first-order chi connectivity index (χ1) is 8.81. The van der Waals surface area contributed by atoms with E-state index in [-0.39, 0.29) is 11.5 Å². The van der Waals surface area contributed by atoms with Gasteiger partial charge < -0.3 is 9.55 Å². The summed E-state index contributed by atoms with van der Waals surface area (Å²) in [4.78, 5) is 3.10. The van der Waals surface area contributed by atoms with Gasteiger partial charge in [0.25, 0.3) is 0 Å². The number of nitrogens with one attached hydrogen (secondary N) is 1. The van der Waals surface area contributed by atoms with Gasteiger partial charge in [-0.3, -0.25) is 0 Å². The Kier molecular flexibility index (Phi) is 2.82. The molecule has 0 saturated carbocycles. The second-order valence-corrected chi connectivity index (χ2v) is 8.27. The number of hydrogen-bond donors (Lipinski definition) is 1. The average molecular weight is 317 g/mol. The maximum absolute atomic E-state index is 11.8. The molecule has 1 aliphatic rings. The van der Waals surface area contributed by atoms with Gasteiger partial charge >= 0.3 is 0 Å². The highest BCUT2D eigenvalue weighted by Gasteiger charge is 2.41. The molecule has 7 heteroatoms. The molecule has 1 aliphatic heterocycles. The fraction of sp³-hybridized carbons (Fsp3) is 0.417. The molecule has 1 atom stereocenters. The number of nitrogens with zero attached hydrogens (tertiary/aromatic N) is 1. The van der Waals surface area contributed by atoms with Gasteiger partial charge in [0, 0.05) is 5.02 Å². The molecule has 1 aromatic carbocycles. The maximum atomic E-state index is 11.8. The molecular formula is C12H13ClN2O2S2. The number of hydrogen-bond acceptors (Lipinski definition) is 3. The highest BCUT2D eigenvalue weighted by Crippen LogP contribution is 2.34. The second-order valence-electron chi connectivity index (χ2n) is 5.27. The molecule has 0 aliphatic carbocycles. The van der Waals surface area contributed by atoms with Crippen LogP contribution in [-0.4, -0.2) is 29.5 Å². The summed E-state index contributed by atoms with van der Waals surface area (Å²) in [6.07, 6.45) is 0.583. The van der Waals surface area contributed by atoms with Gasteiger partial charge in [-0.1, -0.05) is 11.6 Å². The lowest BCUT2D eigenvalue weighted by atomic mass is 10.0. The van der Waals surface area contributed by atoms with E-state index >= 15 is 0 Å². The average Bonchev–Trinajstić information content (AvgIpc) is 2.75. The summed E-state index contributed by atoms with van der Waals surface area (Å²) in [7, 11) is -2.98. The zero-order valence-corrected chi connectivity index (χ0v) is 12.7. The van der Waals surface area contributed by atoms with E-state index in [0.717, 1.165) is 11.0 Å². The molecule has 2 heterocycles. The van der Waals surface area contributed by atoms with Crippen molar-refractivity contribution in [1.82, 2.24) is 9.55 Å². The third kappa shape index (κ3) is 2.11. The lowest BCUT2D eigenvalue weighted by Crippen LogP contribution is -2.31. The Labute approximate surface area is 121 Å². The highest BCUT2D eigenvalue weighted by molar-refractivity contribution is 7.91. The predicted molar refractivity (Wildman–Crippen MR) is 79.1 cm³/mol. The predicted octanol–water partition coefficient (Wildman–Crippen LogP) is 2.89. The van der Waals surface area contributed by atoms with E-state index in [1.54, 1.807) is 12.1 Å². The normalized spacial score (nSPS) is 26.0. The van der Waals surface area contributed by atoms with Crippen LogP contribution in [0.25, 0.3) is 11.0 Å². The lowest BCUT2D eigenvalue weighted by molar-refractivity contribution is 0.372. The van der Waals surface area contributed by atoms with Crippen LogP contribution >= 0.6 is 23.8 Å². The first-order valence-electron chi connectivity index (χ1n) is 5.92. The molecule has 1 fully saturated rings. The number of halogens is 1. The van der Waals surface area contributed by atoms with Crippen molar-refractivity contribution >= 4 is 44.7 Å². The summed E-state index contributed by atoms with van der Waals surface area (Å²) >= 11 is 11.3. The topological polar surface area (TPSA) is 54.9 Å². The molecule has 0 spiro atoms. The number of H-pyrrole nitrogens is 1. The molecule has 102 valence electrons. The van der Waals surface area contributed by atoms with Crippen LogP contribution in [0.2, 0.25) is 5.02 Å². The van der Waals surface area contributed by atoms with Gasteiger partial charge in [-0.25, -0.2) is 8.42 Å². The Morgan fingerprint density at radius 3 is 2.84 bits per heavy atom. The number of aromatic amines is 1. The molecule has 0 bridgehead atoms. The first-order valence-corrected chi connectivity index (χ1v) is 8.53. The van der Waals surface area contributed by atoms with Crippen molar-refractivity contribution in [2.24, 2.45) is 0 Å². The van der Waals surface area contributed by atoms with Crippen LogP contribution < -0.4 is 0 Å². The third-order valence-corrected chi connectivity index (χ3v) is 6.07. The Morgan fingerprint density at radius 2 is 2.21 bits per heavy atom. The summed E-state index contributed by atoms with van der Waals surface area (Å²) in [6.45, 7) is 1.94. The lowest BCUT2D eigenvalue weighted by Gasteiger charge is -2.25. The van der Waals surface area contributed by atoms with Crippen molar-refractivity contribution in [3.05, 3.63) is 28.0 Å². The van der Waals surface area contributed by atoms with Crippen LogP contribution in [0.4, 0.5) is 0 Å². The molecule has 1 aromatic heterocycles. The van der Waals surface area contributed by atoms with Crippen molar-refractivity contribution in [1.29, 1.82) is 0 Å². The Hall–Kier alpha value is -0.850. The fourth-order valence-corrected chi connectivity index (χ4v) is 5.51. The monoisotopic (exact) mass is 316 g/mol. The van der Waals surface area contributed by atoms with Crippen molar-refractivity contribution < 1.29 is 8.42 Å². The van der Waals surface area contributed by atoms with Crippen molar-refractivity contribution in [2.75, 3.05) is 11.5 Å². The molecule has 19 heavy (non-hydrogen) atoms. The molecule has 1 unspecified atom stereocenters. The summed E-state index contributed by atoms with van der Waals surface area (Å²) in [5.74, 6) is 0.343. The van der Waals surface area contributed by atoms with E-state index < -0.39 is 15.4 Å². The number of aromatic nitrogens is 2. The number of benzene rings is 1. The van der Waals surface area contributed by atoms with E-state index in [0.29, 0.717) is 16.2 Å². The van der Waals surface area contributed by atoms with Crippen LogP contribution in [0.15, 0.2) is 18.2 Å². The summed E-state index contributed by atoms with van der Waals surface area (Å²) in [5, 5.41) is 0.625. The number of sulfone groups is 1. The Bertz CT molecular complexity index is 822. The molecule has 2 aromatic rings. The third-order valence-electron chi connectivity index (χ3n) is 3.67. The zero-order chi connectivity index (χ0) is 13.8. The molecule has 0 amide bonds. The van der Waals surface area contributed by atoms with Gasteiger partial charge in [-0.15, -0.1) is 0 Å². The van der Waals surface area contributed by atoms with Gasteiger partial charge in [0.05, 0.1) is 28.1 Å². The second kappa shape index (κ2) is 4.07. The molecule has 3 rings (SSSR count). The first kappa shape index (κ1) is 13.1. The van der Waals surface area contributed by atoms with Crippen LogP contribution in [-0.2, 0) is 15.4 Å². The number of rotatable bonds is 1. The fourth-order valence-electron chi connectivity index (χ4n) is 2.79. The van der Waals surface area contributed by atoms with Crippen LogP contribution in [0.5, 0.6) is 0 Å². The van der Waals surface area contributed by atoms with Crippen LogP contribution in [0, 0.1) is 4.77 Å². The Balaban J connectivity index is 2.26. The van der Waals surface area contributed by atoms with Gasteiger partial charge in [0.1, 0.15) is 0 Å². The van der Waals surface area contributed by atoms with Gasteiger partial charge in [-0.05, 0) is 43.8 Å². The van der Waals surface area contributed by atoms with E-state index in [1.807, 2.05) is 17.6 Å². The van der Waals surface area contributed by atoms with E-state index in [2.05, 4.69) is 4.98 Å². The van der Waals surface area contributed by atoms with Gasteiger partial charge in [-0.2, -0.15) is 0 Å². The smallest absolute Gasteiger partial charge is 0.178 e. The number of fused-ring (bicyclic) bond motifs is 1. The van der Waals surface area contributed by atoms with E-state index in [4.69, 9.17) is 23.8 Å². The summed E-state index contributed by atoms with van der Waals surface area (Å²) < 4.78 is 26.0. The van der Waals surface area contributed by atoms with Crippen molar-refractivity contribution in [3.8, 4) is 0 Å². The quantitative estimate of drug-likeness (QED) is 0.823. The largest absolute Gasteiger partial charge is 0.331 e. The molecule has 1 N–H and O–H groups in total. The minimum atomic E-state index is -2.98. The highest BCUT2D eigenvalue weighted by atomic mass is 35.5. The molecule has 1 saturated heterocycles. The standard InChI is InChI=1S/C12H13ClN2O2S2/c1-12(4-5-19(16,17)7-12)15-10-3-2-8(13)6-9(10)14-11(15)18/h2-3,6H,4-5,7H2,1H3,(H,14,18). The molecule has 0 radical (unpaired) electrons. The summed E-state index contributed by atoms with van der Waals surface area (Å²) in [5.41, 5.74) is 1.25. The van der Waals surface area contributed by atoms with E-state index in [1.165, 1.54) is 0 Å². The van der Waals surface area contributed by atoms with Crippen LogP contribution in [0.1, 0.15) is 13.3 Å². The van der Waals surface area contributed by atoms with Crippen LogP contribution in [0.3, 0.4) is 0 Å². The SMILES string of the molecule is CC1(n2c(=S)[nH]c3cc(Cl)ccc32)CCS(=O)(=O)C1. The van der Waals surface area contributed by atoms with Gasteiger partial charge in [0.15, 0.2) is 14.6 Å². The Morgan fingerprint density at radius 1 is 1.47 bits per heavy atom. The van der Waals surface area contributed by atoms with Crippen molar-refractivity contribution in [3.63, 3.8) is 0 Å². The summed E-state index contributed by atoms with van der Waals surface area (Å²) in [6, 6.07) is 5.46. The molecular weight excluding hydrogens is 304 g/mol. The van der Waals surface area contributed by atoms with Gasteiger partial charge in [0.2, 0.25) is 0 Å². The number of imidazole rings is 1. The minimum absolute atomic E-state index is 0.129. The minimum Gasteiger partial charge on any atom is -0.331 e. The van der Waals surface area contributed by atoms with Crippen molar-refractivity contribution in [2.45, 2.75) is 18.9 Å².